The zero-order valence-corrected chi connectivity index (χ0v) is 15.8. The number of phenolic OH excluding ortho intramolecular Hbond substituents is 1. The number of hydrogen-bond acceptors (Lipinski definition) is 6. The number of aromatic hydroxyl groups is 1. The third-order valence-corrected chi connectivity index (χ3v) is 4.19. The standard InChI is InChI=1S/C21H20N4O3/c1-21(2,3)28-20(27)16-17-19(24-15-10-5-4-9-14(15)23-17)25(18(16)22)12-7-6-8-13(26)11-12/h4-11,26H,22H2,1-3H3. The van der Waals surface area contributed by atoms with Crippen molar-refractivity contribution >= 4 is 34.0 Å². The Morgan fingerprint density at radius 1 is 1.07 bits per heavy atom. The number of fused-ring (bicyclic) bond motifs is 2. The van der Waals surface area contributed by atoms with E-state index in [1.807, 2.05) is 24.3 Å². The number of nitrogens with two attached hydrogens (primary N) is 1. The molecule has 0 atom stereocenters. The van der Waals surface area contributed by atoms with Gasteiger partial charge in [-0.2, -0.15) is 0 Å². The molecule has 4 rings (SSSR count). The third kappa shape index (κ3) is 3.00. The zero-order valence-electron chi connectivity index (χ0n) is 15.8. The van der Waals surface area contributed by atoms with Crippen LogP contribution in [0.15, 0.2) is 48.5 Å². The molecule has 0 amide bonds. The number of aromatic nitrogens is 3. The molecule has 2 aromatic carbocycles. The molecule has 0 bridgehead atoms. The lowest BCUT2D eigenvalue weighted by Gasteiger charge is -2.19. The van der Waals surface area contributed by atoms with Crippen molar-refractivity contribution in [2.24, 2.45) is 0 Å². The number of hydrogen-bond donors (Lipinski definition) is 2. The summed E-state index contributed by atoms with van der Waals surface area (Å²) >= 11 is 0. The summed E-state index contributed by atoms with van der Waals surface area (Å²) < 4.78 is 7.15. The van der Waals surface area contributed by atoms with Gasteiger partial charge >= 0.3 is 5.97 Å². The Balaban J connectivity index is 2.07. The van der Waals surface area contributed by atoms with Crippen molar-refractivity contribution in [1.82, 2.24) is 14.5 Å². The normalized spacial score (nSPS) is 11.8. The highest BCUT2D eigenvalue weighted by Crippen LogP contribution is 2.33. The van der Waals surface area contributed by atoms with Crippen LogP contribution in [0.2, 0.25) is 0 Å². The summed E-state index contributed by atoms with van der Waals surface area (Å²) in [7, 11) is 0. The average molecular weight is 376 g/mol. The summed E-state index contributed by atoms with van der Waals surface area (Å²) in [6, 6.07) is 13.9. The van der Waals surface area contributed by atoms with Crippen molar-refractivity contribution in [3.8, 4) is 11.4 Å². The molecule has 2 heterocycles. The van der Waals surface area contributed by atoms with Gasteiger partial charge in [-0.1, -0.05) is 18.2 Å². The Hall–Kier alpha value is -3.61. The van der Waals surface area contributed by atoms with Crippen LogP contribution in [-0.2, 0) is 4.74 Å². The lowest BCUT2D eigenvalue weighted by Crippen LogP contribution is -2.24. The SMILES string of the molecule is CC(C)(C)OC(=O)c1c(N)n(-c2cccc(O)c2)c2nc3ccccc3nc12. The van der Waals surface area contributed by atoms with Gasteiger partial charge < -0.3 is 15.6 Å². The van der Waals surface area contributed by atoms with Gasteiger partial charge in [-0.15, -0.1) is 0 Å². The maximum atomic E-state index is 12.9. The van der Waals surface area contributed by atoms with Gasteiger partial charge in [0.05, 0.1) is 16.7 Å². The molecule has 142 valence electrons. The molecule has 0 fully saturated rings. The van der Waals surface area contributed by atoms with Gasteiger partial charge in [-0.3, -0.25) is 4.57 Å². The topological polar surface area (TPSA) is 103 Å². The summed E-state index contributed by atoms with van der Waals surface area (Å²) in [5.74, 6) is -0.338. The number of para-hydroxylation sites is 2. The van der Waals surface area contributed by atoms with Crippen molar-refractivity contribution in [2.45, 2.75) is 26.4 Å². The third-order valence-electron chi connectivity index (χ3n) is 4.19. The summed E-state index contributed by atoms with van der Waals surface area (Å²) in [5, 5.41) is 9.90. The van der Waals surface area contributed by atoms with Gasteiger partial charge in [0.1, 0.15) is 28.2 Å². The number of carbonyl (C=O) groups is 1. The minimum atomic E-state index is -0.687. The lowest BCUT2D eigenvalue weighted by molar-refractivity contribution is 0.00728. The summed E-state index contributed by atoms with van der Waals surface area (Å²) in [5.41, 5.74) is 8.52. The number of ether oxygens (including phenoxy) is 1. The van der Waals surface area contributed by atoms with E-state index in [1.54, 1.807) is 49.6 Å². The second-order valence-electron chi connectivity index (χ2n) is 7.50. The van der Waals surface area contributed by atoms with Crippen LogP contribution in [0.25, 0.3) is 27.9 Å². The Kier molecular flexibility index (Phi) is 3.96. The van der Waals surface area contributed by atoms with E-state index in [2.05, 4.69) is 9.97 Å². The Labute approximate surface area is 161 Å². The van der Waals surface area contributed by atoms with Gasteiger partial charge in [-0.25, -0.2) is 14.8 Å². The van der Waals surface area contributed by atoms with E-state index >= 15 is 0 Å². The molecule has 0 aliphatic carbocycles. The molecular formula is C21H20N4O3. The first-order valence-electron chi connectivity index (χ1n) is 8.84. The molecule has 28 heavy (non-hydrogen) atoms. The Bertz CT molecular complexity index is 1220. The highest BCUT2D eigenvalue weighted by molar-refractivity contribution is 6.09. The van der Waals surface area contributed by atoms with Gasteiger partial charge in [0.25, 0.3) is 0 Å². The fourth-order valence-corrected chi connectivity index (χ4v) is 3.09. The van der Waals surface area contributed by atoms with E-state index in [-0.39, 0.29) is 17.1 Å². The number of rotatable bonds is 2. The molecule has 0 unspecified atom stereocenters. The molecule has 0 spiro atoms. The van der Waals surface area contributed by atoms with Crippen LogP contribution in [0, 0.1) is 0 Å². The molecule has 7 heteroatoms. The van der Waals surface area contributed by atoms with Crippen molar-refractivity contribution in [2.75, 3.05) is 5.73 Å². The molecule has 7 nitrogen and oxygen atoms in total. The molecular weight excluding hydrogens is 356 g/mol. The molecule has 0 saturated carbocycles. The van der Waals surface area contributed by atoms with Crippen LogP contribution < -0.4 is 5.73 Å². The second kappa shape index (κ2) is 6.23. The number of nitrogen functional groups attached to an aromatic ring is 1. The molecule has 0 aliphatic heterocycles. The molecule has 0 radical (unpaired) electrons. The first-order chi connectivity index (χ1) is 13.2. The van der Waals surface area contributed by atoms with Crippen LogP contribution in [0.3, 0.4) is 0 Å². The molecule has 0 saturated heterocycles. The van der Waals surface area contributed by atoms with E-state index in [0.29, 0.717) is 27.9 Å². The molecule has 0 aliphatic rings. The van der Waals surface area contributed by atoms with Crippen LogP contribution in [0.1, 0.15) is 31.1 Å². The van der Waals surface area contributed by atoms with Crippen LogP contribution >= 0.6 is 0 Å². The highest BCUT2D eigenvalue weighted by Gasteiger charge is 2.28. The zero-order chi connectivity index (χ0) is 20.1. The maximum absolute atomic E-state index is 12.9. The van der Waals surface area contributed by atoms with Gasteiger partial charge in [0.15, 0.2) is 5.65 Å². The van der Waals surface area contributed by atoms with E-state index in [1.165, 1.54) is 0 Å². The Morgan fingerprint density at radius 2 is 1.75 bits per heavy atom. The number of phenols is 1. The molecule has 4 aromatic rings. The predicted octanol–water partition coefficient (Wildman–Crippen LogP) is 3.82. The molecule has 3 N–H and O–H groups in total. The number of anilines is 1. The second-order valence-corrected chi connectivity index (χ2v) is 7.50. The van der Waals surface area contributed by atoms with Crippen LogP contribution in [-0.4, -0.2) is 31.2 Å². The first-order valence-corrected chi connectivity index (χ1v) is 8.84. The highest BCUT2D eigenvalue weighted by atomic mass is 16.6. The smallest absolute Gasteiger partial charge is 0.344 e. The van der Waals surface area contributed by atoms with Gasteiger partial charge in [0, 0.05) is 6.07 Å². The van der Waals surface area contributed by atoms with E-state index in [9.17, 15) is 9.90 Å². The monoisotopic (exact) mass is 376 g/mol. The van der Waals surface area contributed by atoms with Gasteiger partial charge in [-0.05, 0) is 45.0 Å². The average Bonchev–Trinajstić information content (AvgIpc) is 2.89. The maximum Gasteiger partial charge on any atom is 0.344 e. The number of nitrogens with zero attached hydrogens (tertiary/aromatic N) is 3. The van der Waals surface area contributed by atoms with Gasteiger partial charge in [0.2, 0.25) is 0 Å². The quantitative estimate of drug-likeness (QED) is 0.516. The van der Waals surface area contributed by atoms with E-state index < -0.39 is 11.6 Å². The van der Waals surface area contributed by atoms with Crippen LogP contribution in [0.4, 0.5) is 5.82 Å². The fraction of sp³-hybridized carbons (Fsp3) is 0.190. The van der Waals surface area contributed by atoms with Crippen molar-refractivity contribution < 1.29 is 14.6 Å². The lowest BCUT2D eigenvalue weighted by atomic mass is 10.2. The summed E-state index contributed by atoms with van der Waals surface area (Å²) in [6.07, 6.45) is 0. The van der Waals surface area contributed by atoms with Crippen LogP contribution in [0.5, 0.6) is 5.75 Å². The largest absolute Gasteiger partial charge is 0.508 e. The Morgan fingerprint density at radius 3 is 2.39 bits per heavy atom. The first kappa shape index (κ1) is 17.8. The summed E-state index contributed by atoms with van der Waals surface area (Å²) in [6.45, 7) is 5.36. The van der Waals surface area contributed by atoms with Crippen molar-refractivity contribution in [3.63, 3.8) is 0 Å². The fourth-order valence-electron chi connectivity index (χ4n) is 3.09. The predicted molar refractivity (Wildman–Crippen MR) is 108 cm³/mol. The number of carbonyl (C=O) groups excluding carboxylic acids is 1. The number of esters is 1. The minimum absolute atomic E-state index is 0.0753. The van der Waals surface area contributed by atoms with E-state index in [0.717, 1.165) is 0 Å². The molecule has 2 aromatic heterocycles. The minimum Gasteiger partial charge on any atom is -0.508 e. The summed E-state index contributed by atoms with van der Waals surface area (Å²) in [4.78, 5) is 22.2. The number of benzene rings is 2. The van der Waals surface area contributed by atoms with Crippen molar-refractivity contribution in [1.29, 1.82) is 0 Å². The van der Waals surface area contributed by atoms with Crippen molar-refractivity contribution in [3.05, 3.63) is 54.1 Å². The van der Waals surface area contributed by atoms with E-state index in [4.69, 9.17) is 10.5 Å².